The molecule has 2 N–H and O–H groups in total. The van der Waals surface area contributed by atoms with Gasteiger partial charge in [0.2, 0.25) is 5.91 Å². The molecule has 3 aromatic rings. The summed E-state index contributed by atoms with van der Waals surface area (Å²) < 4.78 is 20.1. The van der Waals surface area contributed by atoms with Crippen molar-refractivity contribution in [3.05, 3.63) is 104 Å². The van der Waals surface area contributed by atoms with Gasteiger partial charge in [0.15, 0.2) is 0 Å². The molecule has 2 aliphatic heterocycles. The normalized spacial score (nSPS) is 18.8. The number of fused-ring (bicyclic) bond motifs is 2. The highest BCUT2D eigenvalue weighted by Gasteiger charge is 2.43. The number of nitrogens with one attached hydrogen (secondary N) is 1. The Morgan fingerprint density at radius 3 is 2.53 bits per heavy atom. The first-order valence-corrected chi connectivity index (χ1v) is 18.8. The molecule has 2 unspecified atom stereocenters. The number of piperazine rings is 1. The number of carbonyl (C=O) groups excluding carboxylic acids is 2. The number of halogens is 3. The Morgan fingerprint density at radius 2 is 1.82 bits per heavy atom. The number of nitrogens with zero attached hydrogens (tertiary/aromatic N) is 2. The zero-order chi connectivity index (χ0) is 36.3. The Bertz CT molecular complexity index is 1810. The van der Waals surface area contributed by atoms with Crippen LogP contribution in [0.2, 0.25) is 5.02 Å². The van der Waals surface area contributed by atoms with Crippen molar-refractivity contribution in [2.45, 2.75) is 83.5 Å². The third kappa shape index (κ3) is 9.02. The fraction of sp³-hybridized carbons (Fsp3) is 0.425. The summed E-state index contributed by atoms with van der Waals surface area (Å²) in [6, 6.07) is 20.0. The van der Waals surface area contributed by atoms with Gasteiger partial charge in [-0.2, -0.15) is 0 Å². The molecule has 0 aromatic heterocycles. The first-order valence-electron chi connectivity index (χ1n) is 17.6. The predicted molar refractivity (Wildman–Crippen MR) is 199 cm³/mol. The summed E-state index contributed by atoms with van der Waals surface area (Å²) in [5.74, 6) is -0.937. The van der Waals surface area contributed by atoms with Gasteiger partial charge >= 0.3 is 5.97 Å². The molecular formula is C40H44BrClFN3O5. The van der Waals surface area contributed by atoms with Crippen molar-refractivity contribution in [1.82, 2.24) is 15.1 Å². The number of amides is 2. The summed E-state index contributed by atoms with van der Waals surface area (Å²) in [5, 5.41) is 13.9. The number of carbonyl (C=O) groups is 3. The Morgan fingerprint density at radius 1 is 1.08 bits per heavy atom. The number of ether oxygens (including phenoxy) is 1. The van der Waals surface area contributed by atoms with Gasteiger partial charge in [-0.25, -0.2) is 4.39 Å². The molecule has 2 amide bonds. The van der Waals surface area contributed by atoms with E-state index in [1.165, 1.54) is 12.1 Å². The average Bonchev–Trinajstić information content (AvgIpc) is 3.95. The van der Waals surface area contributed by atoms with E-state index in [9.17, 15) is 23.9 Å². The molecular weight excluding hydrogens is 737 g/mol. The summed E-state index contributed by atoms with van der Waals surface area (Å²) >= 11 is 9.97. The van der Waals surface area contributed by atoms with Crippen LogP contribution in [0.3, 0.4) is 0 Å². The monoisotopic (exact) mass is 779 g/mol. The van der Waals surface area contributed by atoms with E-state index in [-0.39, 0.29) is 48.6 Å². The third-order valence-corrected chi connectivity index (χ3v) is 11.2. The molecule has 2 atom stereocenters. The van der Waals surface area contributed by atoms with E-state index in [4.69, 9.17) is 16.3 Å². The maximum atomic E-state index is 14.8. The molecule has 2 fully saturated rings. The second-order valence-electron chi connectivity index (χ2n) is 14.5. The topological polar surface area (TPSA) is 99.2 Å². The van der Waals surface area contributed by atoms with Crippen LogP contribution in [0.5, 0.6) is 5.75 Å². The highest BCUT2D eigenvalue weighted by molar-refractivity contribution is 9.10. The van der Waals surface area contributed by atoms with Gasteiger partial charge in [-0.15, -0.1) is 0 Å². The largest absolute Gasteiger partial charge is 0.492 e. The average molecular weight is 781 g/mol. The molecule has 2 heterocycles. The molecule has 3 aliphatic rings. The second-order valence-corrected chi connectivity index (χ2v) is 15.7. The van der Waals surface area contributed by atoms with Crippen molar-refractivity contribution in [3.63, 3.8) is 0 Å². The number of carboxylic acids is 1. The van der Waals surface area contributed by atoms with Gasteiger partial charge in [-0.3, -0.25) is 14.4 Å². The SMILES string of the molecule is CC(C)(CCC(=O)N1CC2CC(c3ccc(CCCOc4cc(F)ccc4Br)cc3)=C(C(=O)N(Cc3ccccc3Cl)C3CC3)C(C1)N2)C(=O)O. The molecule has 0 radical (unpaired) electrons. The summed E-state index contributed by atoms with van der Waals surface area (Å²) in [5.41, 5.74) is 3.66. The van der Waals surface area contributed by atoms with Crippen molar-refractivity contribution >= 4 is 50.9 Å². The number of hydrogen-bond donors (Lipinski definition) is 2. The summed E-state index contributed by atoms with van der Waals surface area (Å²) in [4.78, 5) is 43.7. The van der Waals surface area contributed by atoms with Crippen LogP contribution < -0.4 is 10.1 Å². The number of hydrogen-bond acceptors (Lipinski definition) is 5. The minimum Gasteiger partial charge on any atom is -0.492 e. The quantitative estimate of drug-likeness (QED) is 0.163. The molecule has 270 valence electrons. The van der Waals surface area contributed by atoms with Gasteiger partial charge in [0.1, 0.15) is 11.6 Å². The number of rotatable bonds is 14. The summed E-state index contributed by atoms with van der Waals surface area (Å²) in [6.07, 6.45) is 4.31. The van der Waals surface area contributed by atoms with Crippen LogP contribution in [0, 0.1) is 11.2 Å². The molecule has 1 saturated heterocycles. The van der Waals surface area contributed by atoms with E-state index < -0.39 is 11.4 Å². The number of aryl methyl sites for hydroxylation is 1. The zero-order valence-electron chi connectivity index (χ0n) is 29.0. The lowest BCUT2D eigenvalue weighted by Gasteiger charge is -2.45. The van der Waals surface area contributed by atoms with Crippen LogP contribution in [-0.4, -0.2) is 70.5 Å². The van der Waals surface area contributed by atoms with Gasteiger partial charge in [-0.05, 0) is 109 Å². The highest BCUT2D eigenvalue weighted by atomic mass is 79.9. The van der Waals surface area contributed by atoms with E-state index in [0.29, 0.717) is 53.5 Å². The summed E-state index contributed by atoms with van der Waals surface area (Å²) in [6.45, 7) is 4.93. The Labute approximate surface area is 312 Å². The van der Waals surface area contributed by atoms with Crippen LogP contribution in [0.15, 0.2) is 76.8 Å². The van der Waals surface area contributed by atoms with E-state index in [0.717, 1.165) is 47.9 Å². The molecule has 51 heavy (non-hydrogen) atoms. The Kier molecular flexibility index (Phi) is 11.5. The standard InChI is InChI=1S/C40H44BrClFN3O5/c1-40(2,39(49)50)18-17-36(47)45-23-29-21-31(26-11-9-25(10-12-26)6-5-19-51-35-20-28(43)13-16-32(35)41)37(34(24-45)44-29)38(48)46(30-14-15-30)22-27-7-3-4-8-33(27)42/h3-4,7-13,16,20,29-30,34,44H,5-6,14-15,17-19,21-24H2,1-2H3,(H,49,50). The second kappa shape index (κ2) is 15.9. The van der Waals surface area contributed by atoms with Crippen molar-refractivity contribution in [2.75, 3.05) is 19.7 Å². The lowest BCUT2D eigenvalue weighted by molar-refractivity contribution is -0.148. The van der Waals surface area contributed by atoms with E-state index in [2.05, 4.69) is 45.5 Å². The maximum absolute atomic E-state index is 14.8. The molecule has 1 saturated carbocycles. The third-order valence-electron chi connectivity index (χ3n) is 10.1. The zero-order valence-corrected chi connectivity index (χ0v) is 31.3. The van der Waals surface area contributed by atoms with Gasteiger partial charge < -0.3 is 25.0 Å². The Balaban J connectivity index is 1.23. The molecule has 11 heteroatoms. The first-order chi connectivity index (χ1) is 24.4. The lowest BCUT2D eigenvalue weighted by atomic mass is 9.82. The van der Waals surface area contributed by atoms with Crippen LogP contribution >= 0.6 is 27.5 Å². The van der Waals surface area contributed by atoms with E-state index in [1.54, 1.807) is 24.8 Å². The smallest absolute Gasteiger partial charge is 0.309 e. The number of benzene rings is 3. The molecule has 1 aliphatic carbocycles. The van der Waals surface area contributed by atoms with Crippen LogP contribution in [0.25, 0.3) is 5.57 Å². The minimum atomic E-state index is -1.01. The number of aliphatic carboxylic acids is 1. The maximum Gasteiger partial charge on any atom is 0.309 e. The van der Waals surface area contributed by atoms with Gasteiger partial charge in [0.05, 0.1) is 22.5 Å². The molecule has 3 aromatic carbocycles. The lowest BCUT2D eigenvalue weighted by Crippen LogP contribution is -2.62. The fourth-order valence-corrected chi connectivity index (χ4v) is 7.45. The molecule has 2 bridgehead atoms. The van der Waals surface area contributed by atoms with Crippen LogP contribution in [0.4, 0.5) is 4.39 Å². The van der Waals surface area contributed by atoms with Crippen molar-refractivity contribution in [2.24, 2.45) is 5.41 Å². The Hall–Kier alpha value is -3.73. The highest BCUT2D eigenvalue weighted by Crippen LogP contribution is 2.38. The number of carboxylic acid groups (broad SMARTS) is 1. The minimum absolute atomic E-state index is 0.0468. The van der Waals surface area contributed by atoms with E-state index in [1.807, 2.05) is 29.2 Å². The first kappa shape index (κ1) is 37.0. The van der Waals surface area contributed by atoms with Crippen LogP contribution in [0.1, 0.15) is 69.1 Å². The van der Waals surface area contributed by atoms with Gasteiger partial charge in [0.25, 0.3) is 5.91 Å². The van der Waals surface area contributed by atoms with Crippen molar-refractivity contribution in [1.29, 1.82) is 0 Å². The molecule has 8 nitrogen and oxygen atoms in total. The van der Waals surface area contributed by atoms with E-state index >= 15 is 0 Å². The van der Waals surface area contributed by atoms with Crippen LogP contribution in [-0.2, 0) is 27.3 Å². The summed E-state index contributed by atoms with van der Waals surface area (Å²) in [7, 11) is 0. The van der Waals surface area contributed by atoms with Crippen molar-refractivity contribution < 1.29 is 28.6 Å². The molecule has 0 spiro atoms. The van der Waals surface area contributed by atoms with Crippen molar-refractivity contribution in [3.8, 4) is 5.75 Å². The van der Waals surface area contributed by atoms with Gasteiger partial charge in [-0.1, -0.05) is 54.1 Å². The predicted octanol–water partition coefficient (Wildman–Crippen LogP) is 7.66. The van der Waals surface area contributed by atoms with Gasteiger partial charge in [0, 0.05) is 54.8 Å². The molecule has 6 rings (SSSR count). The fourth-order valence-electron chi connectivity index (χ4n) is 6.89.